The third kappa shape index (κ3) is 4.01. The molecule has 2 heterocycles. The molecule has 2 fully saturated rings. The predicted octanol–water partition coefficient (Wildman–Crippen LogP) is 4.14. The zero-order valence-corrected chi connectivity index (χ0v) is 19.3. The number of anilines is 2. The number of hydrogen-bond donors (Lipinski definition) is 0. The van der Waals surface area contributed by atoms with E-state index in [4.69, 9.17) is 16.3 Å². The second-order valence-corrected chi connectivity index (χ2v) is 9.46. The minimum absolute atomic E-state index is 0.0316. The van der Waals surface area contributed by atoms with Crippen LogP contribution in [0.1, 0.15) is 26.2 Å². The number of halogens is 1. The van der Waals surface area contributed by atoms with Crippen LogP contribution < -0.4 is 14.5 Å². The van der Waals surface area contributed by atoms with Gasteiger partial charge in [0.2, 0.25) is 17.7 Å². The maximum Gasteiger partial charge on any atom is 0.316 e. The van der Waals surface area contributed by atoms with Crippen LogP contribution in [0.5, 0.6) is 5.75 Å². The normalized spacial score (nSPS) is 24.4. The summed E-state index contributed by atoms with van der Waals surface area (Å²) in [7, 11) is 0. The van der Waals surface area contributed by atoms with E-state index in [1.807, 2.05) is 13.0 Å². The summed E-state index contributed by atoms with van der Waals surface area (Å²) in [6.45, 7) is 2.16. The number of allylic oxidation sites excluding steroid dienone is 2. The zero-order chi connectivity index (χ0) is 24.0. The number of benzene rings is 2. The fourth-order valence-electron chi connectivity index (χ4n) is 4.94. The molecule has 0 saturated carbocycles. The molecule has 2 aromatic carbocycles. The number of imide groups is 1. The highest BCUT2D eigenvalue weighted by atomic mass is 35.5. The minimum Gasteiger partial charge on any atom is -0.426 e. The SMILES string of the molecule is CC1=CC[C@@H]2C(=O)N(c3cccc(OC(=O)[C@H]4CC(=O)N(c5cccc(Cl)c5)C4)c3)C(=O)[C@@H]2C1. The lowest BCUT2D eigenvalue weighted by molar-refractivity contribution is -0.139. The van der Waals surface area contributed by atoms with Crippen LogP contribution in [-0.2, 0) is 19.2 Å². The summed E-state index contributed by atoms with van der Waals surface area (Å²) in [6.07, 6.45) is 3.19. The van der Waals surface area contributed by atoms with Crippen LogP contribution in [0.3, 0.4) is 0 Å². The first kappa shape index (κ1) is 22.3. The van der Waals surface area contributed by atoms with Crippen LogP contribution in [-0.4, -0.2) is 30.2 Å². The third-order valence-electron chi connectivity index (χ3n) is 6.70. The van der Waals surface area contributed by atoms with Gasteiger partial charge >= 0.3 is 5.97 Å². The number of fused-ring (bicyclic) bond motifs is 1. The van der Waals surface area contributed by atoms with Crippen molar-refractivity contribution in [2.24, 2.45) is 17.8 Å². The summed E-state index contributed by atoms with van der Waals surface area (Å²) < 4.78 is 5.56. The Bertz CT molecular complexity index is 1240. The number of rotatable bonds is 4. The first-order valence-electron chi connectivity index (χ1n) is 11.2. The molecule has 2 aliphatic heterocycles. The third-order valence-corrected chi connectivity index (χ3v) is 6.93. The van der Waals surface area contributed by atoms with Gasteiger partial charge in [-0.05, 0) is 50.1 Å². The van der Waals surface area contributed by atoms with Crippen LogP contribution in [0, 0.1) is 17.8 Å². The second kappa shape index (κ2) is 8.72. The van der Waals surface area contributed by atoms with Crippen molar-refractivity contribution in [2.45, 2.75) is 26.2 Å². The van der Waals surface area contributed by atoms with Gasteiger partial charge in [-0.25, -0.2) is 4.90 Å². The topological polar surface area (TPSA) is 84.0 Å². The summed E-state index contributed by atoms with van der Waals surface area (Å²) in [5.41, 5.74) is 2.13. The Balaban J connectivity index is 1.29. The van der Waals surface area contributed by atoms with Gasteiger partial charge in [0.15, 0.2) is 0 Å². The van der Waals surface area contributed by atoms with E-state index in [9.17, 15) is 19.2 Å². The molecule has 0 radical (unpaired) electrons. The Labute approximate surface area is 201 Å². The van der Waals surface area contributed by atoms with E-state index < -0.39 is 11.9 Å². The van der Waals surface area contributed by atoms with Crippen LogP contribution >= 0.6 is 11.6 Å². The van der Waals surface area contributed by atoms with Gasteiger partial charge < -0.3 is 9.64 Å². The molecular formula is C26H23ClN2O5. The maximum absolute atomic E-state index is 13.0. The van der Waals surface area contributed by atoms with Gasteiger partial charge in [0, 0.05) is 29.7 Å². The van der Waals surface area contributed by atoms with E-state index in [0.717, 1.165) is 5.57 Å². The predicted molar refractivity (Wildman–Crippen MR) is 126 cm³/mol. The molecule has 0 unspecified atom stereocenters. The molecule has 3 aliphatic rings. The van der Waals surface area contributed by atoms with Gasteiger partial charge in [-0.1, -0.05) is 35.4 Å². The number of carbonyl (C=O) groups is 4. The molecule has 7 nitrogen and oxygen atoms in total. The Morgan fingerprint density at radius 1 is 0.971 bits per heavy atom. The van der Waals surface area contributed by atoms with Crippen molar-refractivity contribution in [2.75, 3.05) is 16.3 Å². The molecule has 174 valence electrons. The van der Waals surface area contributed by atoms with Gasteiger partial charge in [-0.2, -0.15) is 0 Å². The standard InChI is InChI=1S/C26H23ClN2O5/c1-15-8-9-21-22(10-15)25(32)29(24(21)31)19-6-3-7-20(13-19)34-26(33)16-11-23(30)28(14-16)18-5-2-4-17(27)12-18/h2-8,12-13,16,21-22H,9-11,14H2,1H3/t16-,21-,22+/m0/s1. The molecule has 0 N–H and O–H groups in total. The quantitative estimate of drug-likeness (QED) is 0.285. The summed E-state index contributed by atoms with van der Waals surface area (Å²) in [5, 5.41) is 0.505. The molecule has 2 saturated heterocycles. The highest BCUT2D eigenvalue weighted by molar-refractivity contribution is 6.31. The number of nitrogens with zero attached hydrogens (tertiary/aromatic N) is 2. The maximum atomic E-state index is 13.0. The Morgan fingerprint density at radius 2 is 1.71 bits per heavy atom. The van der Waals surface area contributed by atoms with Crippen molar-refractivity contribution in [1.82, 2.24) is 0 Å². The van der Waals surface area contributed by atoms with Gasteiger partial charge in [0.1, 0.15) is 5.75 Å². The van der Waals surface area contributed by atoms with Gasteiger partial charge in [0.05, 0.1) is 23.4 Å². The van der Waals surface area contributed by atoms with E-state index in [-0.39, 0.29) is 48.3 Å². The minimum atomic E-state index is -0.637. The van der Waals surface area contributed by atoms with E-state index in [1.54, 1.807) is 42.5 Å². The molecule has 8 heteroatoms. The van der Waals surface area contributed by atoms with Crippen molar-refractivity contribution >= 4 is 46.7 Å². The fraction of sp³-hybridized carbons (Fsp3) is 0.308. The molecule has 3 atom stereocenters. The molecular weight excluding hydrogens is 456 g/mol. The average Bonchev–Trinajstić information content (AvgIpc) is 3.31. The molecule has 5 rings (SSSR count). The summed E-state index contributed by atoms with van der Waals surface area (Å²) in [6, 6.07) is 13.3. The highest BCUT2D eigenvalue weighted by Gasteiger charge is 2.48. The number of ether oxygens (including phenoxy) is 1. The van der Waals surface area contributed by atoms with Crippen LogP contribution in [0.25, 0.3) is 0 Å². The average molecular weight is 479 g/mol. The lowest BCUT2D eigenvalue weighted by Gasteiger charge is -2.18. The molecule has 34 heavy (non-hydrogen) atoms. The van der Waals surface area contributed by atoms with E-state index in [2.05, 4.69) is 0 Å². The van der Waals surface area contributed by atoms with Crippen LogP contribution in [0.4, 0.5) is 11.4 Å². The van der Waals surface area contributed by atoms with E-state index >= 15 is 0 Å². The second-order valence-electron chi connectivity index (χ2n) is 9.02. The fourth-order valence-corrected chi connectivity index (χ4v) is 5.12. The largest absolute Gasteiger partial charge is 0.426 e. The first-order valence-corrected chi connectivity index (χ1v) is 11.6. The Hall–Kier alpha value is -3.45. The molecule has 2 aromatic rings. The smallest absolute Gasteiger partial charge is 0.316 e. The first-order chi connectivity index (χ1) is 16.3. The van der Waals surface area contributed by atoms with Crippen molar-refractivity contribution in [1.29, 1.82) is 0 Å². The summed E-state index contributed by atoms with van der Waals surface area (Å²) in [4.78, 5) is 54.0. The van der Waals surface area contributed by atoms with Crippen molar-refractivity contribution in [3.8, 4) is 5.75 Å². The number of esters is 1. The van der Waals surface area contributed by atoms with Gasteiger partial charge in [-0.3, -0.25) is 19.2 Å². The van der Waals surface area contributed by atoms with E-state index in [1.165, 1.54) is 15.9 Å². The number of amides is 3. The monoisotopic (exact) mass is 478 g/mol. The van der Waals surface area contributed by atoms with Gasteiger partial charge in [0.25, 0.3) is 0 Å². The van der Waals surface area contributed by atoms with Crippen molar-refractivity contribution < 1.29 is 23.9 Å². The van der Waals surface area contributed by atoms with Crippen LogP contribution in [0.2, 0.25) is 5.02 Å². The van der Waals surface area contributed by atoms with Gasteiger partial charge in [-0.15, -0.1) is 0 Å². The summed E-state index contributed by atoms with van der Waals surface area (Å²) in [5.74, 6) is -2.26. The number of carbonyl (C=O) groups excluding carboxylic acids is 4. The van der Waals surface area contributed by atoms with Crippen LogP contribution in [0.15, 0.2) is 60.2 Å². The number of hydrogen-bond acceptors (Lipinski definition) is 5. The zero-order valence-electron chi connectivity index (χ0n) is 18.6. The Kier molecular flexibility index (Phi) is 5.73. The molecule has 3 amide bonds. The molecule has 0 aromatic heterocycles. The summed E-state index contributed by atoms with van der Waals surface area (Å²) >= 11 is 6.03. The lowest BCUT2D eigenvalue weighted by atomic mass is 9.82. The molecule has 0 bridgehead atoms. The van der Waals surface area contributed by atoms with E-state index in [0.29, 0.717) is 29.2 Å². The van der Waals surface area contributed by atoms with Crippen molar-refractivity contribution in [3.05, 3.63) is 65.2 Å². The van der Waals surface area contributed by atoms with Crippen molar-refractivity contribution in [3.63, 3.8) is 0 Å². The highest BCUT2D eigenvalue weighted by Crippen LogP contribution is 2.40. The Morgan fingerprint density at radius 3 is 2.50 bits per heavy atom. The molecule has 0 spiro atoms. The molecule has 1 aliphatic carbocycles. The lowest BCUT2D eigenvalue weighted by Crippen LogP contribution is -2.31.